The maximum Gasteiger partial charge on any atom is 0.00349 e. The van der Waals surface area contributed by atoms with Gasteiger partial charge < -0.3 is 4.90 Å². The molecule has 1 heterocycles. The van der Waals surface area contributed by atoms with Crippen molar-refractivity contribution in [3.05, 3.63) is 0 Å². The van der Waals surface area contributed by atoms with Crippen molar-refractivity contribution in [2.75, 3.05) is 20.1 Å². The minimum Gasteiger partial charge on any atom is -0.306 e. The normalized spacial score (nSPS) is 30.8. The quantitative estimate of drug-likeness (QED) is 0.536. The van der Waals surface area contributed by atoms with Crippen molar-refractivity contribution in [2.24, 2.45) is 5.41 Å². The minimum atomic E-state index is 0.755. The number of hydrogen-bond acceptors (Lipinski definition) is 1. The first kappa shape index (κ1) is 8.55. The fraction of sp³-hybridized carbons (Fsp3) is 1.00. The van der Waals surface area contributed by atoms with Gasteiger partial charge in [-0.3, -0.25) is 0 Å². The van der Waals surface area contributed by atoms with Crippen LogP contribution < -0.4 is 0 Å². The zero-order valence-corrected chi connectivity index (χ0v) is 8.31. The van der Waals surface area contributed by atoms with Crippen molar-refractivity contribution < 1.29 is 0 Å². The van der Waals surface area contributed by atoms with Crippen molar-refractivity contribution in [3.63, 3.8) is 0 Å². The van der Waals surface area contributed by atoms with Gasteiger partial charge in [0.15, 0.2) is 0 Å². The average Bonchev–Trinajstić information content (AvgIpc) is 2.05. The standard InChI is InChI=1S/C11H21N/c1-12-9-5-8-11(10-12)6-3-2-4-7-11/h2-10H2,1H3. The van der Waals surface area contributed by atoms with Gasteiger partial charge >= 0.3 is 0 Å². The molecule has 1 nitrogen and oxygen atoms in total. The molecule has 0 radical (unpaired) electrons. The Morgan fingerprint density at radius 1 is 0.917 bits per heavy atom. The van der Waals surface area contributed by atoms with E-state index in [0.717, 1.165) is 5.41 Å². The second-order valence-electron chi connectivity index (χ2n) is 4.90. The molecule has 0 unspecified atom stereocenters. The van der Waals surface area contributed by atoms with Gasteiger partial charge in [0, 0.05) is 6.54 Å². The third-order valence-corrected chi connectivity index (χ3v) is 3.77. The SMILES string of the molecule is CN1CCCC2(CCCCC2)C1. The maximum absolute atomic E-state index is 2.54. The summed E-state index contributed by atoms with van der Waals surface area (Å²) in [6.07, 6.45) is 10.5. The molecule has 2 rings (SSSR count). The first-order chi connectivity index (χ1) is 5.81. The van der Waals surface area contributed by atoms with E-state index in [4.69, 9.17) is 0 Å². The van der Waals surface area contributed by atoms with Crippen LogP contribution in [0.3, 0.4) is 0 Å². The lowest BCUT2D eigenvalue weighted by Gasteiger charge is -2.44. The lowest BCUT2D eigenvalue weighted by molar-refractivity contribution is 0.0690. The molecule has 1 aliphatic heterocycles. The van der Waals surface area contributed by atoms with Gasteiger partial charge in [-0.05, 0) is 44.7 Å². The summed E-state index contributed by atoms with van der Waals surface area (Å²) in [5, 5.41) is 0. The van der Waals surface area contributed by atoms with Crippen LogP contribution in [0.4, 0.5) is 0 Å². The molecule has 1 aliphatic carbocycles. The topological polar surface area (TPSA) is 3.24 Å². The predicted molar refractivity (Wildman–Crippen MR) is 52.2 cm³/mol. The van der Waals surface area contributed by atoms with Crippen LogP contribution in [0.1, 0.15) is 44.9 Å². The zero-order chi connectivity index (χ0) is 8.44. The third-order valence-electron chi connectivity index (χ3n) is 3.77. The Morgan fingerprint density at radius 2 is 1.58 bits per heavy atom. The number of likely N-dealkylation sites (tertiary alicyclic amines) is 1. The Kier molecular flexibility index (Phi) is 2.40. The van der Waals surface area contributed by atoms with Gasteiger partial charge in [0.2, 0.25) is 0 Å². The number of hydrogen-bond donors (Lipinski definition) is 0. The first-order valence-electron chi connectivity index (χ1n) is 5.49. The van der Waals surface area contributed by atoms with E-state index in [9.17, 15) is 0 Å². The molecule has 2 aliphatic rings. The Morgan fingerprint density at radius 3 is 2.25 bits per heavy atom. The Hall–Kier alpha value is -0.0400. The second-order valence-corrected chi connectivity index (χ2v) is 4.90. The lowest BCUT2D eigenvalue weighted by atomic mass is 9.69. The molecule has 2 fully saturated rings. The summed E-state index contributed by atoms with van der Waals surface area (Å²) in [6, 6.07) is 0. The monoisotopic (exact) mass is 167 g/mol. The highest BCUT2D eigenvalue weighted by Gasteiger charge is 2.34. The molecule has 12 heavy (non-hydrogen) atoms. The predicted octanol–water partition coefficient (Wildman–Crippen LogP) is 2.66. The van der Waals surface area contributed by atoms with E-state index in [1.165, 1.54) is 58.0 Å². The minimum absolute atomic E-state index is 0.755. The van der Waals surface area contributed by atoms with E-state index < -0.39 is 0 Å². The van der Waals surface area contributed by atoms with Crippen LogP contribution in [0.15, 0.2) is 0 Å². The number of piperidine rings is 1. The summed E-state index contributed by atoms with van der Waals surface area (Å²) in [5.41, 5.74) is 0.755. The van der Waals surface area contributed by atoms with Crippen molar-refractivity contribution in [1.82, 2.24) is 4.90 Å². The van der Waals surface area contributed by atoms with Gasteiger partial charge in [0.1, 0.15) is 0 Å². The Bertz CT molecular complexity index is 142. The highest BCUT2D eigenvalue weighted by atomic mass is 15.1. The summed E-state index contributed by atoms with van der Waals surface area (Å²) in [5.74, 6) is 0. The van der Waals surface area contributed by atoms with Crippen molar-refractivity contribution in [3.8, 4) is 0 Å². The van der Waals surface area contributed by atoms with Gasteiger partial charge in [-0.1, -0.05) is 19.3 Å². The van der Waals surface area contributed by atoms with Crippen LogP contribution in [0.25, 0.3) is 0 Å². The van der Waals surface area contributed by atoms with Crippen LogP contribution in [-0.4, -0.2) is 25.0 Å². The molecule has 0 aromatic heterocycles. The van der Waals surface area contributed by atoms with E-state index in [1.807, 2.05) is 0 Å². The van der Waals surface area contributed by atoms with Gasteiger partial charge in [0.25, 0.3) is 0 Å². The molecule has 0 aromatic carbocycles. The van der Waals surface area contributed by atoms with E-state index in [1.54, 1.807) is 0 Å². The highest BCUT2D eigenvalue weighted by molar-refractivity contribution is 4.88. The number of rotatable bonds is 0. The first-order valence-corrected chi connectivity index (χ1v) is 5.49. The summed E-state index contributed by atoms with van der Waals surface area (Å²) < 4.78 is 0. The number of nitrogens with zero attached hydrogens (tertiary/aromatic N) is 1. The maximum atomic E-state index is 2.54. The van der Waals surface area contributed by atoms with Crippen molar-refractivity contribution >= 4 is 0 Å². The second kappa shape index (κ2) is 3.37. The van der Waals surface area contributed by atoms with Crippen molar-refractivity contribution in [2.45, 2.75) is 44.9 Å². The van der Waals surface area contributed by atoms with Gasteiger partial charge in [-0.15, -0.1) is 0 Å². The fourth-order valence-corrected chi connectivity index (χ4v) is 3.16. The van der Waals surface area contributed by atoms with E-state index in [-0.39, 0.29) is 0 Å². The van der Waals surface area contributed by atoms with Gasteiger partial charge in [-0.2, -0.15) is 0 Å². The molecule has 0 atom stereocenters. The fourth-order valence-electron chi connectivity index (χ4n) is 3.16. The molecule has 0 amide bonds. The summed E-state index contributed by atoms with van der Waals surface area (Å²) >= 11 is 0. The van der Waals surface area contributed by atoms with E-state index in [0.29, 0.717) is 0 Å². The molecular weight excluding hydrogens is 146 g/mol. The Labute approximate surface area is 76.1 Å². The van der Waals surface area contributed by atoms with Crippen LogP contribution >= 0.6 is 0 Å². The van der Waals surface area contributed by atoms with E-state index in [2.05, 4.69) is 11.9 Å². The van der Waals surface area contributed by atoms with Crippen molar-refractivity contribution in [1.29, 1.82) is 0 Å². The van der Waals surface area contributed by atoms with Crippen LogP contribution in [0, 0.1) is 5.41 Å². The molecule has 1 spiro atoms. The molecular formula is C11H21N. The zero-order valence-electron chi connectivity index (χ0n) is 8.31. The summed E-state index contributed by atoms with van der Waals surface area (Å²) in [7, 11) is 2.29. The van der Waals surface area contributed by atoms with Gasteiger partial charge in [0.05, 0.1) is 0 Å². The van der Waals surface area contributed by atoms with Crippen LogP contribution in [0.5, 0.6) is 0 Å². The highest BCUT2D eigenvalue weighted by Crippen LogP contribution is 2.42. The van der Waals surface area contributed by atoms with E-state index >= 15 is 0 Å². The van der Waals surface area contributed by atoms with Crippen LogP contribution in [-0.2, 0) is 0 Å². The third kappa shape index (κ3) is 1.66. The molecule has 70 valence electrons. The smallest absolute Gasteiger partial charge is 0.00349 e. The van der Waals surface area contributed by atoms with Crippen LogP contribution in [0.2, 0.25) is 0 Å². The molecule has 0 aromatic rings. The molecule has 0 N–H and O–H groups in total. The molecule has 1 heteroatoms. The summed E-state index contributed by atoms with van der Waals surface area (Å²) in [6.45, 7) is 2.72. The largest absolute Gasteiger partial charge is 0.306 e. The average molecular weight is 167 g/mol. The molecule has 1 saturated carbocycles. The lowest BCUT2D eigenvalue weighted by Crippen LogP contribution is -2.42. The summed E-state index contributed by atoms with van der Waals surface area (Å²) in [4.78, 5) is 2.54. The Balaban J connectivity index is 1.97. The van der Waals surface area contributed by atoms with Gasteiger partial charge in [-0.25, -0.2) is 0 Å². The molecule has 1 saturated heterocycles. The molecule has 0 bridgehead atoms.